The largest absolute Gasteiger partial charge is 0.496 e. The molecule has 1 heterocycles. The Kier molecular flexibility index (Phi) is 7.68. The van der Waals surface area contributed by atoms with Crippen LogP contribution in [0.1, 0.15) is 11.1 Å². The first-order valence-corrected chi connectivity index (χ1v) is 9.18. The molecule has 0 bridgehead atoms. The van der Waals surface area contributed by atoms with Crippen molar-refractivity contribution in [3.8, 4) is 5.75 Å². The molecule has 0 atom stereocenters. The molecule has 0 spiro atoms. The van der Waals surface area contributed by atoms with Gasteiger partial charge in [-0.15, -0.1) is 5.10 Å². The molecule has 0 radical (unpaired) electrons. The summed E-state index contributed by atoms with van der Waals surface area (Å²) in [4.78, 5) is 4.11. The van der Waals surface area contributed by atoms with Crippen LogP contribution in [-0.4, -0.2) is 43.7 Å². The summed E-state index contributed by atoms with van der Waals surface area (Å²) in [7, 11) is 1.48. The Morgan fingerprint density at radius 1 is 1.32 bits per heavy atom. The van der Waals surface area contributed by atoms with Crippen molar-refractivity contribution in [2.24, 2.45) is 10.2 Å². The van der Waals surface area contributed by atoms with Crippen LogP contribution in [0.25, 0.3) is 0 Å². The molecule has 0 aliphatic heterocycles. The molecule has 28 heavy (non-hydrogen) atoms. The molecule has 150 valence electrons. The van der Waals surface area contributed by atoms with Crippen molar-refractivity contribution < 1.29 is 22.6 Å². The standard InChI is InChI=1S/C18H19F3N4O2S/c1-22-24-17(27-12-18(19,20)21)13-6-7-14(16(9-13)26-2)11-25(28-3)15-5-4-8-23-10-15/h4-10H,1,11-12H2,2-3H3/b24-17-. The van der Waals surface area contributed by atoms with Gasteiger partial charge in [-0.2, -0.15) is 18.3 Å². The van der Waals surface area contributed by atoms with Gasteiger partial charge in [0.1, 0.15) is 5.75 Å². The van der Waals surface area contributed by atoms with Gasteiger partial charge in [0.05, 0.1) is 25.5 Å². The highest BCUT2D eigenvalue weighted by Gasteiger charge is 2.29. The van der Waals surface area contributed by atoms with Crippen LogP contribution in [0.5, 0.6) is 5.75 Å². The summed E-state index contributed by atoms with van der Waals surface area (Å²) in [6, 6.07) is 8.65. The smallest absolute Gasteiger partial charge is 0.422 e. The summed E-state index contributed by atoms with van der Waals surface area (Å²) < 4.78 is 49.6. The Morgan fingerprint density at radius 2 is 2.11 bits per heavy atom. The molecule has 0 aliphatic rings. The van der Waals surface area contributed by atoms with E-state index in [4.69, 9.17) is 9.47 Å². The first-order chi connectivity index (χ1) is 13.4. The van der Waals surface area contributed by atoms with Crippen molar-refractivity contribution in [1.29, 1.82) is 0 Å². The minimum absolute atomic E-state index is 0.286. The molecule has 2 aromatic rings. The number of methoxy groups -OCH3 is 1. The maximum absolute atomic E-state index is 12.5. The van der Waals surface area contributed by atoms with Gasteiger partial charge in [0.25, 0.3) is 0 Å². The molecule has 0 unspecified atom stereocenters. The predicted octanol–water partition coefficient (Wildman–Crippen LogP) is 4.32. The molecule has 2 rings (SSSR count). The lowest BCUT2D eigenvalue weighted by molar-refractivity contribution is -0.156. The normalized spacial score (nSPS) is 11.8. The molecule has 0 amide bonds. The van der Waals surface area contributed by atoms with Crippen LogP contribution >= 0.6 is 11.9 Å². The number of nitrogens with zero attached hydrogens (tertiary/aromatic N) is 4. The van der Waals surface area contributed by atoms with Crippen molar-refractivity contribution in [1.82, 2.24) is 4.98 Å². The Balaban J connectivity index is 2.27. The van der Waals surface area contributed by atoms with Crippen molar-refractivity contribution in [2.75, 3.05) is 24.3 Å². The molecule has 0 fully saturated rings. The van der Waals surface area contributed by atoms with E-state index in [-0.39, 0.29) is 5.90 Å². The quantitative estimate of drug-likeness (QED) is 0.280. The second kappa shape index (κ2) is 9.98. The van der Waals surface area contributed by atoms with E-state index in [0.717, 1.165) is 11.3 Å². The van der Waals surface area contributed by atoms with E-state index in [9.17, 15) is 13.2 Å². The van der Waals surface area contributed by atoms with Crippen LogP contribution in [0.2, 0.25) is 0 Å². The Bertz CT molecular complexity index is 816. The van der Waals surface area contributed by atoms with Crippen LogP contribution in [-0.2, 0) is 11.3 Å². The third-order valence-corrected chi connectivity index (χ3v) is 4.32. The van der Waals surface area contributed by atoms with E-state index in [1.165, 1.54) is 19.1 Å². The average molecular weight is 412 g/mol. The number of alkyl halides is 3. The van der Waals surface area contributed by atoms with Crippen molar-refractivity contribution in [2.45, 2.75) is 12.7 Å². The summed E-state index contributed by atoms with van der Waals surface area (Å²) in [6.07, 6.45) is 0.865. The first kappa shape index (κ1) is 21.5. The number of aromatic nitrogens is 1. The zero-order valence-corrected chi connectivity index (χ0v) is 16.1. The molecule has 1 aromatic carbocycles. The molecular weight excluding hydrogens is 393 g/mol. The van der Waals surface area contributed by atoms with Gasteiger partial charge in [-0.25, -0.2) is 0 Å². The zero-order valence-electron chi connectivity index (χ0n) is 15.3. The minimum atomic E-state index is -4.49. The number of ether oxygens (including phenoxy) is 2. The average Bonchev–Trinajstić information content (AvgIpc) is 2.69. The summed E-state index contributed by atoms with van der Waals surface area (Å²) in [6.45, 7) is 2.18. The maximum Gasteiger partial charge on any atom is 0.422 e. The molecule has 10 heteroatoms. The van der Waals surface area contributed by atoms with Gasteiger partial charge in [0, 0.05) is 30.3 Å². The van der Waals surface area contributed by atoms with Gasteiger partial charge >= 0.3 is 6.18 Å². The van der Waals surface area contributed by atoms with Crippen LogP contribution in [0, 0.1) is 0 Å². The van der Waals surface area contributed by atoms with Crippen molar-refractivity contribution >= 4 is 30.3 Å². The highest BCUT2D eigenvalue weighted by atomic mass is 32.2. The number of pyridine rings is 1. The van der Waals surface area contributed by atoms with E-state index in [1.807, 2.05) is 22.7 Å². The lowest BCUT2D eigenvalue weighted by Crippen LogP contribution is -2.21. The second-order valence-corrected chi connectivity index (χ2v) is 6.21. The maximum atomic E-state index is 12.5. The highest BCUT2D eigenvalue weighted by molar-refractivity contribution is 7.99. The molecule has 6 nitrogen and oxygen atoms in total. The van der Waals surface area contributed by atoms with Crippen LogP contribution < -0.4 is 9.04 Å². The summed E-state index contributed by atoms with van der Waals surface area (Å²) in [5.41, 5.74) is 2.04. The Labute approximate surface area is 165 Å². The van der Waals surface area contributed by atoms with Gasteiger partial charge in [-0.1, -0.05) is 18.0 Å². The minimum Gasteiger partial charge on any atom is -0.496 e. The lowest BCUT2D eigenvalue weighted by atomic mass is 10.1. The number of anilines is 1. The van der Waals surface area contributed by atoms with E-state index < -0.39 is 12.8 Å². The molecule has 0 aliphatic carbocycles. The zero-order chi connectivity index (χ0) is 20.6. The summed E-state index contributed by atoms with van der Waals surface area (Å²) in [5.74, 6) is 0.193. The highest BCUT2D eigenvalue weighted by Crippen LogP contribution is 2.28. The van der Waals surface area contributed by atoms with Gasteiger partial charge in [0.15, 0.2) is 6.61 Å². The Hall–Kier alpha value is -2.75. The van der Waals surface area contributed by atoms with Crippen molar-refractivity contribution in [3.05, 3.63) is 53.9 Å². The van der Waals surface area contributed by atoms with Crippen LogP contribution in [0.4, 0.5) is 18.9 Å². The van der Waals surface area contributed by atoms with Gasteiger partial charge in [0.2, 0.25) is 5.90 Å². The van der Waals surface area contributed by atoms with E-state index >= 15 is 0 Å². The summed E-state index contributed by atoms with van der Waals surface area (Å²) in [5, 5.41) is 6.84. The third kappa shape index (κ3) is 6.15. The second-order valence-electron chi connectivity index (χ2n) is 5.41. The van der Waals surface area contributed by atoms with Crippen LogP contribution in [0.3, 0.4) is 0 Å². The van der Waals surface area contributed by atoms with Crippen molar-refractivity contribution in [3.63, 3.8) is 0 Å². The number of halogens is 3. The third-order valence-electron chi connectivity index (χ3n) is 3.54. The molecular formula is C18H19F3N4O2S. The fraction of sp³-hybridized carbons (Fsp3) is 0.278. The number of rotatable bonds is 8. The number of benzene rings is 1. The molecule has 1 aromatic heterocycles. The Morgan fingerprint density at radius 3 is 2.68 bits per heavy atom. The predicted molar refractivity (Wildman–Crippen MR) is 105 cm³/mol. The van der Waals surface area contributed by atoms with E-state index in [1.54, 1.807) is 30.6 Å². The molecule has 0 saturated heterocycles. The lowest BCUT2D eigenvalue weighted by Gasteiger charge is -2.22. The van der Waals surface area contributed by atoms with Gasteiger partial charge in [-0.3, -0.25) is 4.98 Å². The monoisotopic (exact) mass is 412 g/mol. The number of hydrogen-bond acceptors (Lipinski definition) is 7. The first-order valence-electron chi connectivity index (χ1n) is 8.00. The van der Waals surface area contributed by atoms with Gasteiger partial charge in [-0.05, 0) is 24.3 Å². The number of hydrogen-bond donors (Lipinski definition) is 0. The van der Waals surface area contributed by atoms with E-state index in [2.05, 4.69) is 21.9 Å². The van der Waals surface area contributed by atoms with Crippen LogP contribution in [0.15, 0.2) is 52.9 Å². The SMILES string of the molecule is C=N/N=C(\OCC(F)(F)F)c1ccc(CN(SC)c2cccnc2)c(OC)c1. The molecule has 0 saturated carbocycles. The molecule has 0 N–H and O–H groups in total. The fourth-order valence-corrected chi connectivity index (χ4v) is 2.90. The van der Waals surface area contributed by atoms with Gasteiger partial charge < -0.3 is 13.8 Å². The van der Waals surface area contributed by atoms with E-state index in [0.29, 0.717) is 17.9 Å². The fourth-order valence-electron chi connectivity index (χ4n) is 2.31. The topological polar surface area (TPSA) is 59.3 Å². The summed E-state index contributed by atoms with van der Waals surface area (Å²) >= 11 is 1.51.